The Labute approximate surface area is 148 Å². The molecular weight excluding hydrogens is 317 g/mol. The third kappa shape index (κ3) is 4.25. The quantitative estimate of drug-likeness (QED) is 0.867. The Morgan fingerprint density at radius 1 is 1.20 bits per heavy atom. The van der Waals surface area contributed by atoms with Crippen molar-refractivity contribution in [1.29, 1.82) is 0 Å². The topological polar surface area (TPSA) is 67.1 Å². The van der Waals surface area contributed by atoms with E-state index < -0.39 is 0 Å². The van der Waals surface area contributed by atoms with Crippen LogP contribution >= 0.6 is 0 Å². The Balaban J connectivity index is 1.62. The van der Waals surface area contributed by atoms with Crippen molar-refractivity contribution in [3.63, 3.8) is 0 Å². The molecule has 1 aliphatic rings. The molecule has 2 heterocycles. The van der Waals surface area contributed by atoms with Gasteiger partial charge in [-0.2, -0.15) is 0 Å². The van der Waals surface area contributed by atoms with Crippen molar-refractivity contribution >= 4 is 17.3 Å². The second-order valence-electron chi connectivity index (χ2n) is 6.98. The molecule has 1 aromatic carbocycles. The molecule has 1 aromatic heterocycles. The van der Waals surface area contributed by atoms with Crippen LogP contribution in [-0.4, -0.2) is 23.1 Å². The van der Waals surface area contributed by atoms with E-state index in [0.29, 0.717) is 11.3 Å². The maximum Gasteiger partial charge on any atom is 0.225 e. The predicted molar refractivity (Wildman–Crippen MR) is 99.4 cm³/mol. The minimum Gasteiger partial charge on any atom is -0.353 e. The highest BCUT2D eigenvalue weighted by atomic mass is 19.1. The molecule has 134 valence electrons. The van der Waals surface area contributed by atoms with Crippen LogP contribution in [0.5, 0.6) is 0 Å². The van der Waals surface area contributed by atoms with Crippen LogP contribution in [0.25, 0.3) is 0 Å². The van der Waals surface area contributed by atoms with Crippen molar-refractivity contribution in [3.05, 3.63) is 42.0 Å². The number of aromatic nitrogens is 2. The molecule has 0 saturated carbocycles. The molecule has 0 bridgehead atoms. The fourth-order valence-corrected chi connectivity index (χ4v) is 3.27. The standard InChI is InChI=1S/C19H26FN5/c1-13(2)14-5-7-25(8-6-14)19-22-11-17(12-23-19)24-16-4-3-15(10-21)18(20)9-16/h3-4,9,11-14,24H,5-8,10,21H2,1-2H3. The Morgan fingerprint density at radius 3 is 2.44 bits per heavy atom. The average Bonchev–Trinajstić information content (AvgIpc) is 2.63. The second-order valence-corrected chi connectivity index (χ2v) is 6.98. The first-order chi connectivity index (χ1) is 12.1. The predicted octanol–water partition coefficient (Wildman–Crippen LogP) is 3.69. The molecular formula is C19H26FN5. The number of hydrogen-bond donors (Lipinski definition) is 2. The van der Waals surface area contributed by atoms with Gasteiger partial charge >= 0.3 is 0 Å². The lowest BCUT2D eigenvalue weighted by Crippen LogP contribution is -2.36. The zero-order valence-corrected chi connectivity index (χ0v) is 14.9. The zero-order chi connectivity index (χ0) is 17.8. The molecule has 0 aliphatic carbocycles. The van der Waals surface area contributed by atoms with Gasteiger partial charge in [0.05, 0.1) is 18.1 Å². The van der Waals surface area contributed by atoms with Crippen LogP contribution in [-0.2, 0) is 6.54 Å². The lowest BCUT2D eigenvalue weighted by Gasteiger charge is -2.33. The van der Waals surface area contributed by atoms with Crippen LogP contribution in [0.15, 0.2) is 30.6 Å². The maximum absolute atomic E-state index is 13.8. The van der Waals surface area contributed by atoms with Gasteiger partial charge in [-0.1, -0.05) is 19.9 Å². The largest absolute Gasteiger partial charge is 0.353 e. The molecule has 3 rings (SSSR count). The lowest BCUT2D eigenvalue weighted by molar-refractivity contribution is 0.310. The Morgan fingerprint density at radius 2 is 1.88 bits per heavy atom. The van der Waals surface area contributed by atoms with Crippen molar-refractivity contribution in [3.8, 4) is 0 Å². The van der Waals surface area contributed by atoms with Gasteiger partial charge in [-0.15, -0.1) is 0 Å². The number of halogens is 1. The summed E-state index contributed by atoms with van der Waals surface area (Å²) in [5.41, 5.74) is 7.38. The summed E-state index contributed by atoms with van der Waals surface area (Å²) in [4.78, 5) is 11.2. The van der Waals surface area contributed by atoms with E-state index in [1.54, 1.807) is 24.5 Å². The first kappa shape index (κ1) is 17.6. The average molecular weight is 343 g/mol. The number of nitrogens with one attached hydrogen (secondary N) is 1. The zero-order valence-electron chi connectivity index (χ0n) is 14.9. The normalized spacial score (nSPS) is 15.6. The Hall–Kier alpha value is -2.21. The number of nitrogens with two attached hydrogens (primary N) is 1. The molecule has 1 saturated heterocycles. The fraction of sp³-hybridized carbons (Fsp3) is 0.474. The van der Waals surface area contributed by atoms with Gasteiger partial charge in [0.1, 0.15) is 5.82 Å². The van der Waals surface area contributed by atoms with Crippen molar-refractivity contribution in [2.45, 2.75) is 33.2 Å². The van der Waals surface area contributed by atoms with E-state index in [0.717, 1.165) is 36.6 Å². The van der Waals surface area contributed by atoms with Gasteiger partial charge in [0.25, 0.3) is 0 Å². The van der Waals surface area contributed by atoms with Crippen LogP contribution in [0.1, 0.15) is 32.3 Å². The molecule has 0 radical (unpaired) electrons. The highest BCUT2D eigenvalue weighted by Crippen LogP contribution is 2.26. The van der Waals surface area contributed by atoms with E-state index in [1.807, 2.05) is 0 Å². The van der Waals surface area contributed by atoms with Crippen LogP contribution in [0, 0.1) is 17.7 Å². The fourth-order valence-electron chi connectivity index (χ4n) is 3.27. The van der Waals surface area contributed by atoms with Gasteiger partial charge in [0.15, 0.2) is 0 Å². The molecule has 5 nitrogen and oxygen atoms in total. The van der Waals surface area contributed by atoms with Crippen LogP contribution < -0.4 is 16.0 Å². The van der Waals surface area contributed by atoms with E-state index in [4.69, 9.17) is 5.73 Å². The number of rotatable bonds is 5. The molecule has 6 heteroatoms. The summed E-state index contributed by atoms with van der Waals surface area (Å²) in [5, 5.41) is 3.12. The third-order valence-electron chi connectivity index (χ3n) is 4.97. The summed E-state index contributed by atoms with van der Waals surface area (Å²) in [6.45, 7) is 6.78. The van der Waals surface area contributed by atoms with Crippen molar-refractivity contribution in [2.75, 3.05) is 23.3 Å². The lowest BCUT2D eigenvalue weighted by atomic mass is 9.87. The molecule has 0 spiro atoms. The van der Waals surface area contributed by atoms with Gasteiger partial charge in [0.2, 0.25) is 5.95 Å². The molecule has 1 aliphatic heterocycles. The summed E-state index contributed by atoms with van der Waals surface area (Å²) >= 11 is 0. The highest BCUT2D eigenvalue weighted by molar-refractivity contribution is 5.59. The van der Waals surface area contributed by atoms with Gasteiger partial charge in [0, 0.05) is 30.9 Å². The smallest absolute Gasteiger partial charge is 0.225 e. The van der Waals surface area contributed by atoms with Gasteiger partial charge in [-0.3, -0.25) is 0 Å². The number of hydrogen-bond acceptors (Lipinski definition) is 5. The van der Waals surface area contributed by atoms with E-state index in [1.165, 1.54) is 18.9 Å². The summed E-state index contributed by atoms with van der Waals surface area (Å²) in [6.07, 6.45) is 5.86. The molecule has 0 unspecified atom stereocenters. The molecule has 0 atom stereocenters. The highest BCUT2D eigenvalue weighted by Gasteiger charge is 2.22. The van der Waals surface area contributed by atoms with Crippen LogP contribution in [0.2, 0.25) is 0 Å². The van der Waals surface area contributed by atoms with E-state index in [9.17, 15) is 4.39 Å². The molecule has 3 N–H and O–H groups in total. The molecule has 25 heavy (non-hydrogen) atoms. The Kier molecular flexibility index (Phi) is 5.48. The molecule has 2 aromatic rings. The summed E-state index contributed by atoms with van der Waals surface area (Å²) in [7, 11) is 0. The Bertz CT molecular complexity index is 693. The number of nitrogens with zero attached hydrogens (tertiary/aromatic N) is 3. The van der Waals surface area contributed by atoms with E-state index in [-0.39, 0.29) is 12.4 Å². The van der Waals surface area contributed by atoms with Crippen molar-refractivity contribution < 1.29 is 4.39 Å². The van der Waals surface area contributed by atoms with Gasteiger partial charge in [-0.05, 0) is 36.8 Å². The molecule has 0 amide bonds. The first-order valence-electron chi connectivity index (χ1n) is 8.89. The van der Waals surface area contributed by atoms with Crippen LogP contribution in [0.3, 0.4) is 0 Å². The molecule has 1 fully saturated rings. The van der Waals surface area contributed by atoms with Crippen molar-refractivity contribution in [1.82, 2.24) is 9.97 Å². The third-order valence-corrected chi connectivity index (χ3v) is 4.97. The summed E-state index contributed by atoms with van der Waals surface area (Å²) in [5.74, 6) is 1.99. The minimum atomic E-state index is -0.307. The van der Waals surface area contributed by atoms with Crippen molar-refractivity contribution in [2.24, 2.45) is 17.6 Å². The number of piperidine rings is 1. The summed E-state index contributed by atoms with van der Waals surface area (Å²) in [6, 6.07) is 4.93. The van der Waals surface area contributed by atoms with E-state index in [2.05, 4.69) is 34.0 Å². The van der Waals surface area contributed by atoms with Gasteiger partial charge in [-0.25, -0.2) is 14.4 Å². The number of anilines is 3. The van der Waals surface area contributed by atoms with E-state index >= 15 is 0 Å². The van der Waals surface area contributed by atoms with Crippen LogP contribution in [0.4, 0.5) is 21.7 Å². The minimum absolute atomic E-state index is 0.192. The SMILES string of the molecule is CC(C)C1CCN(c2ncc(Nc3ccc(CN)c(F)c3)cn2)CC1. The number of benzene rings is 1. The monoisotopic (exact) mass is 343 g/mol. The maximum atomic E-state index is 13.8. The first-order valence-corrected chi connectivity index (χ1v) is 8.89. The van der Waals surface area contributed by atoms with Gasteiger partial charge < -0.3 is 16.0 Å². The summed E-state index contributed by atoms with van der Waals surface area (Å²) < 4.78 is 13.8. The second kappa shape index (κ2) is 7.78.